The van der Waals surface area contributed by atoms with E-state index in [9.17, 15) is 13.2 Å². The maximum atomic E-state index is 12.3. The Morgan fingerprint density at radius 3 is 2.40 bits per heavy atom. The molecule has 3 heteroatoms. The van der Waals surface area contributed by atoms with Gasteiger partial charge in [-0.2, -0.15) is 0 Å². The Hall–Kier alpha value is -0.990. The van der Waals surface area contributed by atoms with Crippen LogP contribution in [0.25, 0.3) is 0 Å². The van der Waals surface area contributed by atoms with Gasteiger partial charge in [-0.15, -0.1) is 0 Å². The highest BCUT2D eigenvalue weighted by atomic mass is 19.2. The lowest BCUT2D eigenvalue weighted by Crippen LogP contribution is -1.92. The van der Waals surface area contributed by atoms with Gasteiger partial charge in [-0.25, -0.2) is 13.2 Å². The lowest BCUT2D eigenvalue weighted by Gasteiger charge is -1.96. The van der Waals surface area contributed by atoms with Crippen LogP contribution < -0.4 is 0 Å². The minimum atomic E-state index is -1.17. The van der Waals surface area contributed by atoms with Gasteiger partial charge in [-0.1, -0.05) is 0 Å². The quantitative estimate of drug-likeness (QED) is 0.491. The first kappa shape index (κ1) is 7.12. The van der Waals surface area contributed by atoms with E-state index in [0.29, 0.717) is 0 Å². The van der Waals surface area contributed by atoms with Crippen molar-refractivity contribution in [3.8, 4) is 0 Å². The van der Waals surface area contributed by atoms with E-state index >= 15 is 0 Å². The number of rotatable bonds is 0. The Morgan fingerprint density at radius 2 is 1.90 bits per heavy atom. The van der Waals surface area contributed by atoms with Crippen molar-refractivity contribution in [1.82, 2.24) is 0 Å². The van der Waals surface area contributed by atoms with Crippen LogP contribution in [0.3, 0.4) is 0 Å². The molecule has 53 valence electrons. The Labute approximate surface area is 56.3 Å². The van der Waals surface area contributed by atoms with Crippen LogP contribution in [0.2, 0.25) is 0 Å². The molecule has 0 aromatic heterocycles. The first-order chi connectivity index (χ1) is 4.63. The maximum absolute atomic E-state index is 12.3. The number of hydrogen-bond acceptors (Lipinski definition) is 0. The van der Waals surface area contributed by atoms with Crippen molar-refractivity contribution < 1.29 is 13.2 Å². The van der Waals surface area contributed by atoms with Crippen molar-refractivity contribution in [3.63, 3.8) is 0 Å². The molecule has 0 unspecified atom stereocenters. The third kappa shape index (κ3) is 0.988. The van der Waals surface area contributed by atoms with E-state index in [2.05, 4.69) is 0 Å². The predicted octanol–water partition coefficient (Wildman–Crippen LogP) is 2.21. The Balaban J connectivity index is 3.34. The molecule has 10 heavy (non-hydrogen) atoms. The predicted molar refractivity (Wildman–Crippen MR) is 29.9 cm³/mol. The minimum Gasteiger partial charge on any atom is -0.207 e. The van der Waals surface area contributed by atoms with Crippen molar-refractivity contribution in [3.05, 3.63) is 35.1 Å². The van der Waals surface area contributed by atoms with Crippen LogP contribution >= 0.6 is 0 Å². The second-order valence-corrected chi connectivity index (χ2v) is 1.89. The third-order valence-corrected chi connectivity index (χ3v) is 1.21. The standard InChI is InChI=1S/C7H4F3/c1-4-5(8)2-3-6(9)7(4)10/h2H,1H3. The Kier molecular flexibility index (Phi) is 1.66. The largest absolute Gasteiger partial charge is 0.207 e. The SMILES string of the molecule is Cc1c(F)c[c]c(F)c1F. The first-order valence-corrected chi connectivity index (χ1v) is 2.64. The molecule has 0 spiro atoms. The van der Waals surface area contributed by atoms with E-state index in [1.165, 1.54) is 6.92 Å². The number of benzene rings is 1. The van der Waals surface area contributed by atoms with Crippen molar-refractivity contribution in [2.24, 2.45) is 0 Å². The normalized spacial score (nSPS) is 10.0. The van der Waals surface area contributed by atoms with Gasteiger partial charge in [0.25, 0.3) is 0 Å². The van der Waals surface area contributed by atoms with Gasteiger partial charge >= 0.3 is 0 Å². The molecular weight excluding hydrogens is 141 g/mol. The highest BCUT2D eigenvalue weighted by molar-refractivity contribution is 5.18. The van der Waals surface area contributed by atoms with Crippen LogP contribution in [-0.4, -0.2) is 0 Å². The average Bonchev–Trinajstić information content (AvgIpc) is 1.93. The minimum absolute atomic E-state index is 0.309. The summed E-state index contributed by atoms with van der Waals surface area (Å²) in [5, 5.41) is 0. The molecule has 0 N–H and O–H groups in total. The van der Waals surface area contributed by atoms with Crippen molar-refractivity contribution in [2.75, 3.05) is 0 Å². The summed E-state index contributed by atoms with van der Waals surface area (Å²) in [7, 11) is 0. The highest BCUT2D eigenvalue weighted by Gasteiger charge is 2.08. The fraction of sp³-hybridized carbons (Fsp3) is 0.143. The molecule has 0 fully saturated rings. The van der Waals surface area contributed by atoms with Gasteiger partial charge in [-0.05, 0) is 13.0 Å². The van der Waals surface area contributed by atoms with E-state index in [1.54, 1.807) is 6.07 Å². The molecule has 0 bridgehead atoms. The molecule has 0 saturated heterocycles. The van der Waals surface area contributed by atoms with Crippen molar-refractivity contribution in [2.45, 2.75) is 6.92 Å². The Bertz CT molecular complexity index is 228. The first-order valence-electron chi connectivity index (χ1n) is 2.64. The van der Waals surface area contributed by atoms with Crippen LogP contribution in [0.1, 0.15) is 5.56 Å². The lowest BCUT2D eigenvalue weighted by atomic mass is 10.2. The molecule has 0 aliphatic carbocycles. The van der Waals surface area contributed by atoms with Crippen LogP contribution in [0.5, 0.6) is 0 Å². The summed E-state index contributed by atoms with van der Waals surface area (Å²) in [5.74, 6) is -3.09. The fourth-order valence-corrected chi connectivity index (χ4v) is 0.568. The summed E-state index contributed by atoms with van der Waals surface area (Å²) < 4.78 is 36.8. The summed E-state index contributed by atoms with van der Waals surface area (Å²) in [6.07, 6.45) is 0. The molecule has 0 atom stereocenters. The average molecular weight is 145 g/mol. The summed E-state index contributed by atoms with van der Waals surface area (Å²) in [4.78, 5) is 0. The van der Waals surface area contributed by atoms with Crippen molar-refractivity contribution in [1.29, 1.82) is 0 Å². The lowest BCUT2D eigenvalue weighted by molar-refractivity contribution is 0.484. The molecule has 0 amide bonds. The van der Waals surface area contributed by atoms with Gasteiger partial charge in [0.15, 0.2) is 11.6 Å². The second-order valence-electron chi connectivity index (χ2n) is 1.89. The monoisotopic (exact) mass is 145 g/mol. The molecule has 1 aromatic carbocycles. The topological polar surface area (TPSA) is 0 Å². The fourth-order valence-electron chi connectivity index (χ4n) is 0.568. The number of hydrogen-bond donors (Lipinski definition) is 0. The van der Waals surface area contributed by atoms with Crippen LogP contribution in [-0.2, 0) is 0 Å². The highest BCUT2D eigenvalue weighted by Crippen LogP contribution is 2.12. The molecule has 0 heterocycles. The molecule has 0 aliphatic rings. The van der Waals surface area contributed by atoms with E-state index in [4.69, 9.17) is 0 Å². The summed E-state index contributed by atoms with van der Waals surface area (Å²) in [6.45, 7) is 1.17. The third-order valence-electron chi connectivity index (χ3n) is 1.21. The molecule has 0 nitrogen and oxygen atoms in total. The van der Waals surface area contributed by atoms with Crippen molar-refractivity contribution >= 4 is 0 Å². The van der Waals surface area contributed by atoms with Gasteiger partial charge in [0.2, 0.25) is 0 Å². The smallest absolute Gasteiger partial charge is 0.167 e. The van der Waals surface area contributed by atoms with Gasteiger partial charge in [0.05, 0.1) is 0 Å². The van der Waals surface area contributed by atoms with E-state index in [1.807, 2.05) is 0 Å². The molecule has 1 aromatic rings. The molecule has 0 aliphatic heterocycles. The second kappa shape index (κ2) is 2.33. The summed E-state index contributed by atoms with van der Waals surface area (Å²) >= 11 is 0. The zero-order valence-electron chi connectivity index (χ0n) is 5.21. The molecule has 1 radical (unpaired) electrons. The van der Waals surface area contributed by atoms with Gasteiger partial charge < -0.3 is 0 Å². The molecular formula is C7H4F3. The van der Waals surface area contributed by atoms with Gasteiger partial charge in [0, 0.05) is 11.6 Å². The van der Waals surface area contributed by atoms with Gasteiger partial charge in [-0.3, -0.25) is 0 Å². The van der Waals surface area contributed by atoms with Crippen LogP contribution in [0.15, 0.2) is 6.07 Å². The van der Waals surface area contributed by atoms with E-state index < -0.39 is 17.5 Å². The number of halogens is 3. The van der Waals surface area contributed by atoms with Crippen LogP contribution in [0.4, 0.5) is 13.2 Å². The summed E-state index contributed by atoms with van der Waals surface area (Å²) in [5.41, 5.74) is -0.309. The van der Waals surface area contributed by atoms with Gasteiger partial charge in [0.1, 0.15) is 5.82 Å². The Morgan fingerprint density at radius 1 is 1.30 bits per heavy atom. The summed E-state index contributed by atoms with van der Waals surface area (Å²) in [6, 6.07) is 2.56. The molecule has 1 rings (SSSR count). The zero-order chi connectivity index (χ0) is 7.72. The molecule has 0 saturated carbocycles. The van der Waals surface area contributed by atoms with E-state index in [-0.39, 0.29) is 5.56 Å². The zero-order valence-corrected chi connectivity index (χ0v) is 5.21. The maximum Gasteiger partial charge on any atom is 0.167 e. The van der Waals surface area contributed by atoms with Crippen LogP contribution in [0, 0.1) is 30.4 Å². The van der Waals surface area contributed by atoms with E-state index in [0.717, 1.165) is 6.07 Å².